The number of rotatable bonds is 6. The lowest BCUT2D eigenvalue weighted by Crippen LogP contribution is -3.00. The molecular weight excluding hydrogens is 356 g/mol. The van der Waals surface area contributed by atoms with E-state index in [1.54, 1.807) is 0 Å². The van der Waals surface area contributed by atoms with Crippen molar-refractivity contribution in [3.8, 4) is 0 Å². The first kappa shape index (κ1) is 22.5. The number of nitrogens with zero attached hydrogens (tertiary/aromatic N) is 1. The molecule has 1 rings (SSSR count). The van der Waals surface area contributed by atoms with Crippen molar-refractivity contribution in [3.63, 3.8) is 0 Å². The van der Waals surface area contributed by atoms with Gasteiger partial charge in [0, 0.05) is 0 Å². The summed E-state index contributed by atoms with van der Waals surface area (Å²) in [6.07, 6.45) is 1.78. The van der Waals surface area contributed by atoms with Crippen LogP contribution in [-0.4, -0.2) is 59.9 Å². The molecular formula is C11H26ClNO7P2. The maximum Gasteiger partial charge on any atom is 0.369 e. The van der Waals surface area contributed by atoms with Crippen LogP contribution < -0.4 is 12.4 Å². The van der Waals surface area contributed by atoms with Crippen LogP contribution in [-0.2, 0) is 9.13 Å². The highest BCUT2D eigenvalue weighted by molar-refractivity contribution is 7.72. The average Bonchev–Trinajstić information content (AvgIpc) is 2.37. The van der Waals surface area contributed by atoms with Crippen molar-refractivity contribution in [2.24, 2.45) is 0 Å². The highest BCUT2D eigenvalue weighted by Crippen LogP contribution is 2.69. The zero-order chi connectivity index (χ0) is 16.5. The lowest BCUT2D eigenvalue weighted by molar-refractivity contribution is -0.953. The molecule has 0 aromatic heterocycles. The summed E-state index contributed by atoms with van der Waals surface area (Å²) in [6, 6.07) is -0.376. The Hall–Kier alpha value is 0.510. The molecule has 0 aromatic carbocycles. The molecule has 0 spiro atoms. The van der Waals surface area contributed by atoms with Crippen molar-refractivity contribution in [2.45, 2.75) is 50.7 Å². The lowest BCUT2D eigenvalue weighted by Gasteiger charge is -2.48. The van der Waals surface area contributed by atoms with E-state index in [2.05, 4.69) is 0 Å². The van der Waals surface area contributed by atoms with Gasteiger partial charge in [0.1, 0.15) is 0 Å². The first-order chi connectivity index (χ1) is 9.43. The van der Waals surface area contributed by atoms with Gasteiger partial charge in [-0.15, -0.1) is 0 Å². The predicted octanol–water partition coefficient (Wildman–Crippen LogP) is -2.21. The molecule has 0 aromatic rings. The van der Waals surface area contributed by atoms with E-state index >= 15 is 0 Å². The van der Waals surface area contributed by atoms with Crippen LogP contribution in [0.25, 0.3) is 0 Å². The zero-order valence-corrected chi connectivity index (χ0v) is 15.3. The van der Waals surface area contributed by atoms with Gasteiger partial charge in [-0.3, -0.25) is 9.13 Å². The normalized spacial score (nSPS) is 23.0. The summed E-state index contributed by atoms with van der Waals surface area (Å²) in [4.78, 5) is 37.1. The summed E-state index contributed by atoms with van der Waals surface area (Å²) in [5.41, 5.74) is 0. The first-order valence-corrected chi connectivity index (χ1v) is 10.4. The van der Waals surface area contributed by atoms with E-state index in [0.29, 0.717) is 24.0 Å². The van der Waals surface area contributed by atoms with Gasteiger partial charge in [0.2, 0.25) is 0 Å². The summed E-state index contributed by atoms with van der Waals surface area (Å²) >= 11 is 0. The SMILES string of the molecule is CC[N+]1(CC)CCCCC1CC(O)(P(=O)(O)O)P(=O)(O)O.[Cl-]. The molecule has 0 aliphatic carbocycles. The number of hydrogen-bond acceptors (Lipinski definition) is 3. The van der Waals surface area contributed by atoms with Gasteiger partial charge in [-0.2, -0.15) is 0 Å². The van der Waals surface area contributed by atoms with Crippen LogP contribution in [0.4, 0.5) is 0 Å². The molecule has 0 radical (unpaired) electrons. The van der Waals surface area contributed by atoms with Crippen LogP contribution in [0.3, 0.4) is 0 Å². The van der Waals surface area contributed by atoms with E-state index in [4.69, 9.17) is 0 Å². The Bertz CT molecular complexity index is 437. The minimum absolute atomic E-state index is 0. The van der Waals surface area contributed by atoms with Gasteiger partial charge < -0.3 is 41.6 Å². The number of hydrogen-bond donors (Lipinski definition) is 5. The molecule has 1 unspecified atom stereocenters. The molecule has 0 saturated carbocycles. The van der Waals surface area contributed by atoms with Gasteiger partial charge in [0.15, 0.2) is 0 Å². The fourth-order valence-electron chi connectivity index (χ4n) is 3.34. The van der Waals surface area contributed by atoms with Crippen molar-refractivity contribution < 1.29 is 50.7 Å². The second kappa shape index (κ2) is 7.60. The van der Waals surface area contributed by atoms with Crippen LogP contribution in [0.1, 0.15) is 39.5 Å². The summed E-state index contributed by atoms with van der Waals surface area (Å²) in [5, 5.41) is 6.83. The minimum atomic E-state index is -5.37. The Labute approximate surface area is 136 Å². The molecule has 1 aliphatic rings. The third-order valence-electron chi connectivity index (χ3n) is 4.87. The molecule has 1 fully saturated rings. The van der Waals surface area contributed by atoms with Crippen molar-refractivity contribution in [3.05, 3.63) is 0 Å². The summed E-state index contributed by atoms with van der Waals surface area (Å²) in [7, 11) is -10.7. The third kappa shape index (κ3) is 4.12. The van der Waals surface area contributed by atoms with Crippen molar-refractivity contribution in [2.75, 3.05) is 19.6 Å². The molecule has 0 bridgehead atoms. The van der Waals surface area contributed by atoms with E-state index in [0.717, 1.165) is 19.4 Å². The minimum Gasteiger partial charge on any atom is -1.00 e. The van der Waals surface area contributed by atoms with E-state index in [1.807, 2.05) is 13.8 Å². The van der Waals surface area contributed by atoms with E-state index in [1.165, 1.54) is 0 Å². The number of likely N-dealkylation sites (tertiary alicyclic amines) is 1. The topological polar surface area (TPSA) is 135 Å². The molecule has 5 N–H and O–H groups in total. The number of halogens is 1. The second-order valence-electron chi connectivity index (χ2n) is 5.79. The van der Waals surface area contributed by atoms with E-state index < -0.39 is 26.7 Å². The maximum absolute atomic E-state index is 11.5. The Morgan fingerprint density at radius 3 is 1.86 bits per heavy atom. The quantitative estimate of drug-likeness (QED) is 0.260. The average molecular weight is 382 g/mol. The van der Waals surface area contributed by atoms with Crippen LogP contribution in [0.5, 0.6) is 0 Å². The van der Waals surface area contributed by atoms with Crippen LogP contribution in [0.2, 0.25) is 0 Å². The molecule has 22 heavy (non-hydrogen) atoms. The fourth-order valence-corrected chi connectivity index (χ4v) is 5.59. The Kier molecular flexibility index (Phi) is 7.77. The standard InChI is InChI=1S/C11H25NO7P2.ClH/c1-3-12(4-2)8-6-5-7-10(12)9-11(13,20(14,15)16)21(17,18)19;/h10,13H,3-9H2,1-2H3,(H3-,14,15,16,17,18,19);1H. The molecule has 1 saturated heterocycles. The largest absolute Gasteiger partial charge is 1.00 e. The van der Waals surface area contributed by atoms with Gasteiger partial charge in [-0.25, -0.2) is 0 Å². The second-order valence-corrected chi connectivity index (χ2v) is 9.80. The molecule has 1 atom stereocenters. The molecule has 0 amide bonds. The number of aliphatic hydroxyl groups is 1. The highest BCUT2D eigenvalue weighted by atomic mass is 35.5. The van der Waals surface area contributed by atoms with Crippen molar-refractivity contribution >= 4 is 15.2 Å². The molecule has 8 nitrogen and oxygen atoms in total. The van der Waals surface area contributed by atoms with Crippen molar-refractivity contribution in [1.29, 1.82) is 0 Å². The van der Waals surface area contributed by atoms with Gasteiger partial charge in [-0.05, 0) is 33.1 Å². The smallest absolute Gasteiger partial charge is 0.369 e. The van der Waals surface area contributed by atoms with Crippen LogP contribution >= 0.6 is 15.2 Å². The Balaban J connectivity index is 0.00000441. The van der Waals surface area contributed by atoms with Crippen LogP contribution in [0, 0.1) is 0 Å². The molecule has 1 aliphatic heterocycles. The summed E-state index contributed by atoms with van der Waals surface area (Å²) < 4.78 is 23.5. The van der Waals surface area contributed by atoms with Gasteiger partial charge in [-0.1, -0.05) is 0 Å². The lowest BCUT2D eigenvalue weighted by atomic mass is 9.95. The monoisotopic (exact) mass is 381 g/mol. The number of piperidine rings is 1. The molecule has 134 valence electrons. The maximum atomic E-state index is 11.5. The Morgan fingerprint density at radius 2 is 1.50 bits per heavy atom. The van der Waals surface area contributed by atoms with Gasteiger partial charge in [0.05, 0.1) is 32.1 Å². The van der Waals surface area contributed by atoms with Gasteiger partial charge >= 0.3 is 15.2 Å². The molecule has 11 heteroatoms. The van der Waals surface area contributed by atoms with E-state index in [9.17, 15) is 33.8 Å². The predicted molar refractivity (Wildman–Crippen MR) is 77.5 cm³/mol. The van der Waals surface area contributed by atoms with Gasteiger partial charge in [0.25, 0.3) is 5.08 Å². The Morgan fingerprint density at radius 1 is 1.05 bits per heavy atom. The fraction of sp³-hybridized carbons (Fsp3) is 1.00. The molecule has 1 heterocycles. The zero-order valence-electron chi connectivity index (χ0n) is 12.8. The third-order valence-corrected chi connectivity index (χ3v) is 8.66. The first-order valence-electron chi connectivity index (χ1n) is 7.13. The van der Waals surface area contributed by atoms with Crippen LogP contribution in [0.15, 0.2) is 0 Å². The summed E-state index contributed by atoms with van der Waals surface area (Å²) in [6.45, 7) is 6.06. The number of quaternary nitrogens is 1. The van der Waals surface area contributed by atoms with Crippen molar-refractivity contribution in [1.82, 2.24) is 0 Å². The highest BCUT2D eigenvalue weighted by Gasteiger charge is 2.62. The summed E-state index contributed by atoms with van der Waals surface area (Å²) in [5.74, 6) is 0. The van der Waals surface area contributed by atoms with E-state index in [-0.39, 0.29) is 18.4 Å².